The van der Waals surface area contributed by atoms with Crippen molar-refractivity contribution >= 4 is 23.4 Å². The first-order chi connectivity index (χ1) is 10.5. The van der Waals surface area contributed by atoms with Crippen molar-refractivity contribution in [1.82, 2.24) is 20.2 Å². The lowest BCUT2D eigenvalue weighted by atomic mass is 10.2. The fourth-order valence-corrected chi connectivity index (χ4v) is 2.60. The van der Waals surface area contributed by atoms with Gasteiger partial charge < -0.3 is 11.2 Å². The van der Waals surface area contributed by atoms with Gasteiger partial charge in [-0.3, -0.25) is 14.9 Å². The first-order valence-corrected chi connectivity index (χ1v) is 7.17. The lowest BCUT2D eigenvalue weighted by Gasteiger charge is -2.05. The molecular formula is C12H14N6O3S. The summed E-state index contributed by atoms with van der Waals surface area (Å²) in [6, 6.07) is 4.22. The Morgan fingerprint density at radius 1 is 1.50 bits per heavy atom. The highest BCUT2D eigenvalue weighted by Gasteiger charge is 2.20. The third kappa shape index (κ3) is 3.01. The van der Waals surface area contributed by atoms with Crippen LogP contribution >= 0.6 is 11.8 Å². The quantitative estimate of drug-likeness (QED) is 0.476. The summed E-state index contributed by atoms with van der Waals surface area (Å²) in [6.45, 7) is 1.88. The lowest BCUT2D eigenvalue weighted by molar-refractivity contribution is -0.387. The van der Waals surface area contributed by atoms with E-state index in [1.807, 2.05) is 6.92 Å². The van der Waals surface area contributed by atoms with Gasteiger partial charge in [0.05, 0.1) is 9.82 Å². The van der Waals surface area contributed by atoms with E-state index in [9.17, 15) is 14.9 Å². The van der Waals surface area contributed by atoms with Gasteiger partial charge >= 0.3 is 0 Å². The van der Waals surface area contributed by atoms with Crippen LogP contribution in [0.2, 0.25) is 0 Å². The number of nitrogens with one attached hydrogen (secondary N) is 1. The summed E-state index contributed by atoms with van der Waals surface area (Å²) in [6.07, 6.45) is 0.599. The number of hydrogen-bond acceptors (Lipinski definition) is 7. The molecule has 116 valence electrons. The van der Waals surface area contributed by atoms with E-state index in [0.29, 0.717) is 22.3 Å². The highest BCUT2D eigenvalue weighted by atomic mass is 32.2. The molecule has 2 aromatic rings. The Morgan fingerprint density at radius 2 is 2.23 bits per heavy atom. The third-order valence-corrected chi connectivity index (χ3v) is 3.92. The highest BCUT2D eigenvalue weighted by molar-refractivity contribution is 7.99. The number of nitro benzene ring substituents is 1. The van der Waals surface area contributed by atoms with Crippen LogP contribution in [0.5, 0.6) is 0 Å². The van der Waals surface area contributed by atoms with Crippen molar-refractivity contribution in [3.63, 3.8) is 0 Å². The summed E-state index contributed by atoms with van der Waals surface area (Å²) >= 11 is 1.02. The monoisotopic (exact) mass is 322 g/mol. The second-order valence-corrected chi connectivity index (χ2v) is 5.25. The van der Waals surface area contributed by atoms with Crippen LogP contribution in [0.4, 0.5) is 5.69 Å². The minimum atomic E-state index is -0.549. The van der Waals surface area contributed by atoms with Crippen LogP contribution in [0.25, 0.3) is 0 Å². The predicted octanol–water partition coefficient (Wildman–Crippen LogP) is 0.973. The van der Waals surface area contributed by atoms with E-state index in [2.05, 4.69) is 15.5 Å². The highest BCUT2D eigenvalue weighted by Crippen LogP contribution is 2.34. The first kappa shape index (κ1) is 15.8. The smallest absolute Gasteiger partial charge is 0.284 e. The summed E-state index contributed by atoms with van der Waals surface area (Å²) in [5.74, 6) is 6.01. The molecule has 1 heterocycles. The third-order valence-electron chi connectivity index (χ3n) is 2.90. The molecule has 0 radical (unpaired) electrons. The minimum Gasteiger partial charge on any atom is -0.355 e. The standard InChI is InChI=1S/C12H14N6O3S/c1-3-10-15-16-12(17(10)13)22-9-5-4-7(11(19)14-2)6-8(9)18(20)21/h4-6H,3,13H2,1-2H3,(H,14,19). The Bertz CT molecular complexity index is 730. The number of nitro groups is 1. The fraction of sp³-hybridized carbons (Fsp3) is 0.250. The van der Waals surface area contributed by atoms with E-state index < -0.39 is 10.8 Å². The number of nitrogens with two attached hydrogens (primary N) is 1. The van der Waals surface area contributed by atoms with Gasteiger partial charge in [-0.15, -0.1) is 10.2 Å². The molecule has 0 aliphatic carbocycles. The van der Waals surface area contributed by atoms with E-state index >= 15 is 0 Å². The molecule has 2 rings (SSSR count). The number of amides is 1. The number of aromatic nitrogens is 3. The molecule has 1 aromatic heterocycles. The molecule has 0 atom stereocenters. The summed E-state index contributed by atoms with van der Waals surface area (Å²) in [5.41, 5.74) is 0.0224. The molecule has 0 aliphatic rings. The van der Waals surface area contributed by atoms with E-state index in [1.165, 1.54) is 29.9 Å². The molecule has 1 amide bonds. The molecule has 9 nitrogen and oxygen atoms in total. The zero-order chi connectivity index (χ0) is 16.3. The maximum Gasteiger partial charge on any atom is 0.284 e. The number of nitrogen functional groups attached to an aromatic ring is 1. The summed E-state index contributed by atoms with van der Waals surface area (Å²) in [7, 11) is 1.46. The van der Waals surface area contributed by atoms with Crippen LogP contribution in [-0.2, 0) is 6.42 Å². The molecule has 0 spiro atoms. The molecule has 0 saturated heterocycles. The Hall–Kier alpha value is -2.62. The predicted molar refractivity (Wildman–Crippen MR) is 80.2 cm³/mol. The van der Waals surface area contributed by atoms with Crippen LogP contribution in [0.15, 0.2) is 28.3 Å². The Kier molecular flexibility index (Phi) is 4.61. The average Bonchev–Trinajstić information content (AvgIpc) is 2.87. The number of nitrogens with zero attached hydrogens (tertiary/aromatic N) is 4. The Labute approximate surface area is 130 Å². The molecule has 0 fully saturated rings. The van der Waals surface area contributed by atoms with Crippen molar-refractivity contribution in [3.05, 3.63) is 39.7 Å². The van der Waals surface area contributed by atoms with Crippen molar-refractivity contribution in [2.75, 3.05) is 12.9 Å². The number of carbonyl (C=O) groups is 1. The Morgan fingerprint density at radius 3 is 2.77 bits per heavy atom. The molecule has 0 bridgehead atoms. The summed E-state index contributed by atoms with van der Waals surface area (Å²) in [4.78, 5) is 22.6. The van der Waals surface area contributed by atoms with Crippen molar-refractivity contribution in [3.8, 4) is 0 Å². The van der Waals surface area contributed by atoms with E-state index in [1.54, 1.807) is 0 Å². The molecule has 10 heteroatoms. The van der Waals surface area contributed by atoms with Gasteiger partial charge in [-0.2, -0.15) is 0 Å². The minimum absolute atomic E-state index is 0.188. The van der Waals surface area contributed by atoms with Crippen LogP contribution in [0, 0.1) is 10.1 Å². The van der Waals surface area contributed by atoms with Gasteiger partial charge in [-0.05, 0) is 23.9 Å². The maximum atomic E-state index is 11.6. The number of benzene rings is 1. The summed E-state index contributed by atoms with van der Waals surface area (Å²) < 4.78 is 1.29. The van der Waals surface area contributed by atoms with Crippen LogP contribution in [0.1, 0.15) is 23.1 Å². The molecular weight excluding hydrogens is 308 g/mol. The number of carbonyl (C=O) groups excluding carboxylic acids is 1. The van der Waals surface area contributed by atoms with Crippen LogP contribution in [-0.4, -0.2) is 32.8 Å². The molecule has 0 unspecified atom stereocenters. The van der Waals surface area contributed by atoms with Gasteiger partial charge in [-0.1, -0.05) is 6.92 Å². The van der Waals surface area contributed by atoms with Gasteiger partial charge in [0.2, 0.25) is 5.16 Å². The lowest BCUT2D eigenvalue weighted by Crippen LogP contribution is -2.17. The normalized spacial score (nSPS) is 10.5. The average molecular weight is 322 g/mol. The van der Waals surface area contributed by atoms with Gasteiger partial charge in [0.15, 0.2) is 5.82 Å². The van der Waals surface area contributed by atoms with Crippen molar-refractivity contribution in [1.29, 1.82) is 0 Å². The van der Waals surface area contributed by atoms with Crippen molar-refractivity contribution in [2.24, 2.45) is 0 Å². The van der Waals surface area contributed by atoms with Crippen molar-refractivity contribution < 1.29 is 9.72 Å². The Balaban J connectivity index is 2.40. The van der Waals surface area contributed by atoms with Crippen LogP contribution in [0.3, 0.4) is 0 Å². The zero-order valence-electron chi connectivity index (χ0n) is 11.9. The number of hydrogen-bond donors (Lipinski definition) is 2. The van der Waals surface area contributed by atoms with Gasteiger partial charge in [0, 0.05) is 25.1 Å². The molecule has 3 N–H and O–H groups in total. The maximum absolute atomic E-state index is 11.6. The molecule has 22 heavy (non-hydrogen) atoms. The fourth-order valence-electron chi connectivity index (χ4n) is 1.75. The topological polar surface area (TPSA) is 129 Å². The van der Waals surface area contributed by atoms with Gasteiger partial charge in [0.25, 0.3) is 11.6 Å². The van der Waals surface area contributed by atoms with E-state index in [-0.39, 0.29) is 11.3 Å². The second-order valence-electron chi connectivity index (χ2n) is 4.24. The molecule has 0 saturated carbocycles. The van der Waals surface area contributed by atoms with Gasteiger partial charge in [-0.25, -0.2) is 4.68 Å². The summed E-state index contributed by atoms with van der Waals surface area (Å²) in [5, 5.41) is 21.8. The number of aryl methyl sites for hydroxylation is 1. The van der Waals surface area contributed by atoms with Crippen molar-refractivity contribution in [2.45, 2.75) is 23.4 Å². The van der Waals surface area contributed by atoms with E-state index in [4.69, 9.17) is 5.84 Å². The molecule has 1 aromatic carbocycles. The van der Waals surface area contributed by atoms with E-state index in [0.717, 1.165) is 11.8 Å². The molecule has 0 aliphatic heterocycles. The first-order valence-electron chi connectivity index (χ1n) is 6.35. The van der Waals surface area contributed by atoms with Crippen LogP contribution < -0.4 is 11.2 Å². The SMILES string of the molecule is CCc1nnc(Sc2ccc(C(=O)NC)cc2[N+](=O)[O-])n1N. The second kappa shape index (κ2) is 6.43. The largest absolute Gasteiger partial charge is 0.355 e. The number of rotatable bonds is 5. The zero-order valence-corrected chi connectivity index (χ0v) is 12.8. The van der Waals surface area contributed by atoms with Gasteiger partial charge in [0.1, 0.15) is 0 Å².